The summed E-state index contributed by atoms with van der Waals surface area (Å²) in [5.41, 5.74) is 3.96. The number of hydrogen-bond acceptors (Lipinski definition) is 8. The minimum atomic E-state index is 0.555. The summed E-state index contributed by atoms with van der Waals surface area (Å²) in [7, 11) is 3.57. The van der Waals surface area contributed by atoms with Gasteiger partial charge in [-0.3, -0.25) is 0 Å². The highest BCUT2D eigenvalue weighted by molar-refractivity contribution is 7.99. The van der Waals surface area contributed by atoms with Crippen LogP contribution in [0.5, 0.6) is 11.5 Å². The molecule has 5 rings (SSSR count). The van der Waals surface area contributed by atoms with Gasteiger partial charge in [0.15, 0.2) is 16.7 Å². The Morgan fingerprint density at radius 2 is 2.03 bits per heavy atom. The monoisotopic (exact) mass is 475 g/mol. The predicted octanol–water partition coefficient (Wildman–Crippen LogP) is 4.86. The molecule has 0 amide bonds. The fraction of sp³-hybridized carbons (Fsp3) is 0.250. The van der Waals surface area contributed by atoms with Crippen molar-refractivity contribution in [2.24, 2.45) is 7.05 Å². The van der Waals surface area contributed by atoms with E-state index in [9.17, 15) is 0 Å². The molecule has 5 aromatic rings. The number of nitrogens with zero attached hydrogens (tertiary/aromatic N) is 5. The number of methoxy groups -OCH3 is 1. The average Bonchev–Trinajstić information content (AvgIpc) is 3.42. The molecule has 3 aromatic heterocycles. The van der Waals surface area contributed by atoms with Crippen molar-refractivity contribution in [3.63, 3.8) is 0 Å². The highest BCUT2D eigenvalue weighted by Gasteiger charge is 2.12. The van der Waals surface area contributed by atoms with Gasteiger partial charge in [-0.2, -0.15) is 0 Å². The minimum absolute atomic E-state index is 0.555. The highest BCUT2D eigenvalue weighted by Crippen LogP contribution is 2.35. The van der Waals surface area contributed by atoms with Crippen molar-refractivity contribution < 1.29 is 9.47 Å². The molecule has 0 saturated heterocycles. The van der Waals surface area contributed by atoms with Crippen LogP contribution in [0.3, 0.4) is 0 Å². The number of aryl methyl sites for hydroxylation is 2. The first-order valence-electron chi connectivity index (χ1n) is 10.9. The molecule has 2 aromatic carbocycles. The molecule has 9 nitrogen and oxygen atoms in total. The molecule has 2 N–H and O–H groups in total. The number of aromatic amines is 1. The van der Waals surface area contributed by atoms with E-state index in [1.54, 1.807) is 31.5 Å². The van der Waals surface area contributed by atoms with E-state index < -0.39 is 0 Å². The number of rotatable bonds is 9. The number of benzene rings is 2. The first-order valence-corrected chi connectivity index (χ1v) is 11.9. The lowest BCUT2D eigenvalue weighted by atomic mass is 10.2. The molecule has 0 aliphatic rings. The molecule has 0 saturated carbocycles. The zero-order chi connectivity index (χ0) is 23.5. The maximum atomic E-state index is 6.03. The molecule has 0 aliphatic carbocycles. The largest absolute Gasteiger partial charge is 0.493 e. The Bertz CT molecular complexity index is 1450. The number of hydrogen-bond donors (Lipinski definition) is 2. The number of thioether (sulfide) groups is 1. The van der Waals surface area contributed by atoms with Gasteiger partial charge in [-0.1, -0.05) is 11.8 Å². The zero-order valence-corrected chi connectivity index (χ0v) is 20.0. The van der Waals surface area contributed by atoms with Gasteiger partial charge in [-0.25, -0.2) is 9.97 Å². The van der Waals surface area contributed by atoms with Crippen LogP contribution in [0.1, 0.15) is 12.1 Å². The standard InChI is InChI=1S/C24H25N7O2S/c1-15-9-16-10-17(5-6-19(16)28-15)29-23-18-11-21(32-3)22(12-20(18)25-13-26-23)33-7-4-8-34-24-30-27-14-31(24)2/h5-6,9-14,28H,4,7-8H2,1-3H3,(H,25,26,29). The molecule has 0 atom stereocenters. The molecule has 3 heterocycles. The van der Waals surface area contributed by atoms with Crippen LogP contribution in [0.2, 0.25) is 0 Å². The van der Waals surface area contributed by atoms with Crippen molar-refractivity contribution in [2.75, 3.05) is 24.8 Å². The molecule has 0 radical (unpaired) electrons. The third kappa shape index (κ3) is 4.62. The third-order valence-electron chi connectivity index (χ3n) is 5.39. The lowest BCUT2D eigenvalue weighted by molar-refractivity contribution is 0.296. The van der Waals surface area contributed by atoms with Crippen LogP contribution >= 0.6 is 11.8 Å². The maximum absolute atomic E-state index is 6.03. The molecule has 0 bridgehead atoms. The topological polar surface area (TPSA) is 103 Å². The molecule has 0 unspecified atom stereocenters. The van der Waals surface area contributed by atoms with Gasteiger partial charge in [-0.05, 0) is 43.7 Å². The van der Waals surface area contributed by atoms with Crippen molar-refractivity contribution in [1.82, 2.24) is 29.7 Å². The second-order valence-electron chi connectivity index (χ2n) is 7.90. The Balaban J connectivity index is 1.31. The van der Waals surface area contributed by atoms with E-state index in [1.807, 2.05) is 36.7 Å². The summed E-state index contributed by atoms with van der Waals surface area (Å²) in [6.07, 6.45) is 4.11. The number of fused-ring (bicyclic) bond motifs is 2. The van der Waals surface area contributed by atoms with Crippen molar-refractivity contribution in [1.29, 1.82) is 0 Å². The van der Waals surface area contributed by atoms with Crippen molar-refractivity contribution in [2.45, 2.75) is 18.5 Å². The van der Waals surface area contributed by atoms with Crippen molar-refractivity contribution >= 4 is 45.1 Å². The van der Waals surface area contributed by atoms with Crippen LogP contribution in [0.4, 0.5) is 11.5 Å². The minimum Gasteiger partial charge on any atom is -0.493 e. The fourth-order valence-corrected chi connectivity index (χ4v) is 4.54. The van der Waals surface area contributed by atoms with Gasteiger partial charge < -0.3 is 24.3 Å². The Kier molecular flexibility index (Phi) is 6.22. The number of ether oxygens (including phenoxy) is 2. The summed E-state index contributed by atoms with van der Waals surface area (Å²) in [6, 6.07) is 12.1. The van der Waals surface area contributed by atoms with Crippen LogP contribution < -0.4 is 14.8 Å². The van der Waals surface area contributed by atoms with Crippen molar-refractivity contribution in [3.8, 4) is 11.5 Å². The summed E-state index contributed by atoms with van der Waals surface area (Å²) in [6.45, 7) is 2.60. The summed E-state index contributed by atoms with van der Waals surface area (Å²) < 4.78 is 13.5. The molecule has 10 heteroatoms. The quantitative estimate of drug-likeness (QED) is 0.230. The summed E-state index contributed by atoms with van der Waals surface area (Å²) >= 11 is 1.65. The van der Waals surface area contributed by atoms with Crippen LogP contribution in [0.15, 0.2) is 54.2 Å². The number of aromatic nitrogens is 6. The molecule has 174 valence electrons. The molecular formula is C24H25N7O2S. The Hall–Kier alpha value is -3.79. The average molecular weight is 476 g/mol. The first kappa shape index (κ1) is 22.0. The predicted molar refractivity (Wildman–Crippen MR) is 134 cm³/mol. The van der Waals surface area contributed by atoms with Gasteiger partial charge in [0.05, 0.1) is 19.2 Å². The highest BCUT2D eigenvalue weighted by atomic mass is 32.2. The van der Waals surface area contributed by atoms with Crippen LogP contribution in [-0.4, -0.2) is 49.2 Å². The van der Waals surface area contributed by atoms with Gasteiger partial charge in [0.25, 0.3) is 0 Å². The maximum Gasteiger partial charge on any atom is 0.190 e. The van der Waals surface area contributed by atoms with Gasteiger partial charge in [-0.15, -0.1) is 10.2 Å². The Morgan fingerprint density at radius 1 is 1.12 bits per heavy atom. The van der Waals surface area contributed by atoms with E-state index in [0.717, 1.165) is 50.5 Å². The number of nitrogens with one attached hydrogen (secondary N) is 2. The zero-order valence-electron chi connectivity index (χ0n) is 19.2. The lowest BCUT2D eigenvalue weighted by Gasteiger charge is -2.14. The third-order valence-corrected chi connectivity index (χ3v) is 6.51. The van der Waals surface area contributed by atoms with Crippen molar-refractivity contribution in [3.05, 3.63) is 54.7 Å². The lowest BCUT2D eigenvalue weighted by Crippen LogP contribution is -2.02. The van der Waals surface area contributed by atoms with Crippen LogP contribution in [-0.2, 0) is 7.05 Å². The first-order chi connectivity index (χ1) is 16.6. The smallest absolute Gasteiger partial charge is 0.190 e. The van der Waals surface area contributed by atoms with E-state index in [-0.39, 0.29) is 0 Å². The normalized spacial score (nSPS) is 11.3. The number of anilines is 2. The van der Waals surface area contributed by atoms with Gasteiger partial charge in [0.2, 0.25) is 0 Å². The molecule has 0 fully saturated rings. The summed E-state index contributed by atoms with van der Waals surface area (Å²) in [5.74, 6) is 2.89. The fourth-order valence-electron chi connectivity index (χ4n) is 3.74. The van der Waals surface area contributed by atoms with E-state index in [2.05, 4.69) is 48.7 Å². The van der Waals surface area contributed by atoms with E-state index in [1.165, 1.54) is 0 Å². The second-order valence-corrected chi connectivity index (χ2v) is 8.96. The molecule has 34 heavy (non-hydrogen) atoms. The van der Waals surface area contributed by atoms with E-state index in [0.29, 0.717) is 23.9 Å². The van der Waals surface area contributed by atoms with Crippen LogP contribution in [0.25, 0.3) is 21.8 Å². The number of H-pyrrole nitrogens is 1. The summed E-state index contributed by atoms with van der Waals surface area (Å²) in [4.78, 5) is 12.3. The molecule has 0 spiro atoms. The SMILES string of the molecule is COc1cc2c(Nc3ccc4[nH]c(C)cc4c3)ncnc2cc1OCCCSc1nncn1C. The Morgan fingerprint density at radius 3 is 2.85 bits per heavy atom. The second kappa shape index (κ2) is 9.60. The van der Waals surface area contributed by atoms with Gasteiger partial charge >= 0.3 is 0 Å². The Labute approximate surface area is 200 Å². The van der Waals surface area contributed by atoms with E-state index in [4.69, 9.17) is 9.47 Å². The summed E-state index contributed by atoms with van der Waals surface area (Å²) in [5, 5.41) is 14.3. The van der Waals surface area contributed by atoms with Crippen LogP contribution in [0, 0.1) is 6.92 Å². The van der Waals surface area contributed by atoms with Gasteiger partial charge in [0, 0.05) is 46.5 Å². The van der Waals surface area contributed by atoms with Gasteiger partial charge in [0.1, 0.15) is 18.5 Å². The molecule has 0 aliphatic heterocycles. The van der Waals surface area contributed by atoms with E-state index >= 15 is 0 Å². The molecular weight excluding hydrogens is 450 g/mol.